The van der Waals surface area contributed by atoms with E-state index in [-0.39, 0.29) is 0 Å². The Morgan fingerprint density at radius 3 is 1.27 bits per heavy atom. The van der Waals surface area contributed by atoms with Crippen LogP contribution in [0, 0.1) is 0 Å². The average Bonchev–Trinajstić information content (AvgIpc) is 1.58. The SMILES string of the molecule is c1ccc(-c2nc(-c3cccc(-n4c5ccccc5c5cc(-c6ccc7oc8ccc(-c9ccc%10sc%11c(-c%12nc(-c%13ccccc%13)nc(-n%13c%14ccccc%14c%14cc(-c%15ccc%16oc%17ccccc%17c%16c%15)ccc%14%13)n%12)cccc%11c%10c9)cc8c7c6)ccc54)c3)nc(-c3cccc4oc5ccccc5c34)n2)cc1. The fourth-order valence-electron chi connectivity index (χ4n) is 16.4. The maximum atomic E-state index is 6.63. The predicted octanol–water partition coefficient (Wildman–Crippen LogP) is 25.7. The Bertz CT molecular complexity index is 7710. The molecular formula is C96H54N8O3S. The molecule has 0 spiro atoms. The largest absolute Gasteiger partial charge is 0.456 e. The minimum atomic E-state index is 0.545. The summed E-state index contributed by atoms with van der Waals surface area (Å²) in [5.41, 5.74) is 21.3. The highest BCUT2D eigenvalue weighted by atomic mass is 32.1. The van der Waals surface area contributed by atoms with Gasteiger partial charge in [-0.15, -0.1) is 11.3 Å². The van der Waals surface area contributed by atoms with Gasteiger partial charge >= 0.3 is 0 Å². The van der Waals surface area contributed by atoms with E-state index in [1.54, 1.807) is 11.3 Å². The van der Waals surface area contributed by atoms with Crippen LogP contribution in [-0.4, -0.2) is 39.0 Å². The Morgan fingerprint density at radius 2 is 0.620 bits per heavy atom. The first-order chi connectivity index (χ1) is 53.5. The molecule has 0 aliphatic carbocycles. The van der Waals surface area contributed by atoms with Crippen LogP contribution in [0.25, 0.3) is 232 Å². The summed E-state index contributed by atoms with van der Waals surface area (Å²) in [6.45, 7) is 0. The van der Waals surface area contributed by atoms with Crippen molar-refractivity contribution >= 4 is 141 Å². The van der Waals surface area contributed by atoms with Gasteiger partial charge in [-0.05, 0) is 155 Å². The van der Waals surface area contributed by atoms with Crippen molar-refractivity contribution in [1.29, 1.82) is 0 Å². The summed E-state index contributed by atoms with van der Waals surface area (Å²) in [6, 6.07) is 115. The molecule has 0 aliphatic heterocycles. The predicted molar refractivity (Wildman–Crippen MR) is 440 cm³/mol. The molecule has 0 fully saturated rings. The second-order valence-electron chi connectivity index (χ2n) is 27.6. The minimum Gasteiger partial charge on any atom is -0.456 e. The van der Waals surface area contributed by atoms with Crippen molar-refractivity contribution in [2.24, 2.45) is 0 Å². The molecule has 0 atom stereocenters. The van der Waals surface area contributed by atoms with Gasteiger partial charge in [-0.1, -0.05) is 206 Å². The average molecular weight is 1400 g/mol. The summed E-state index contributed by atoms with van der Waals surface area (Å²) in [4.78, 5) is 31.7. The molecule has 0 N–H and O–H groups in total. The number of furan rings is 3. The van der Waals surface area contributed by atoms with Crippen LogP contribution in [0.2, 0.25) is 0 Å². The van der Waals surface area contributed by atoms with Gasteiger partial charge in [0.15, 0.2) is 29.1 Å². The number of hydrogen-bond donors (Lipinski definition) is 0. The van der Waals surface area contributed by atoms with Crippen molar-refractivity contribution in [3.05, 3.63) is 328 Å². The second kappa shape index (κ2) is 23.5. The molecule has 0 aliphatic rings. The topological polar surface area (TPSA) is 127 Å². The van der Waals surface area contributed by atoms with E-state index < -0.39 is 0 Å². The third-order valence-electron chi connectivity index (χ3n) is 21.5. The van der Waals surface area contributed by atoms with Crippen LogP contribution in [0.4, 0.5) is 0 Å². The van der Waals surface area contributed by atoms with E-state index >= 15 is 0 Å². The maximum Gasteiger partial charge on any atom is 0.238 e. The van der Waals surface area contributed by atoms with Crippen LogP contribution in [-0.2, 0) is 0 Å². The summed E-state index contributed by atoms with van der Waals surface area (Å²) in [7, 11) is 0. The molecule has 23 aromatic rings. The summed E-state index contributed by atoms with van der Waals surface area (Å²) >= 11 is 1.77. The van der Waals surface area contributed by atoms with E-state index in [1.807, 2.05) is 91.0 Å². The molecule has 0 saturated heterocycles. The van der Waals surface area contributed by atoms with Crippen molar-refractivity contribution in [2.45, 2.75) is 0 Å². The van der Waals surface area contributed by atoms with Gasteiger partial charge in [-0.25, -0.2) is 19.9 Å². The zero-order valence-corrected chi connectivity index (χ0v) is 58.2. The summed E-state index contributed by atoms with van der Waals surface area (Å²) in [6.07, 6.45) is 0. The van der Waals surface area contributed by atoms with Crippen molar-refractivity contribution < 1.29 is 13.3 Å². The number of rotatable bonds is 10. The fourth-order valence-corrected chi connectivity index (χ4v) is 17.6. The van der Waals surface area contributed by atoms with Gasteiger partial charge in [0.1, 0.15) is 33.5 Å². The van der Waals surface area contributed by atoms with Gasteiger partial charge in [-0.3, -0.25) is 4.57 Å². The Labute approximate surface area is 618 Å². The van der Waals surface area contributed by atoms with E-state index in [1.165, 1.54) is 4.70 Å². The van der Waals surface area contributed by atoms with Gasteiger partial charge in [0, 0.05) is 108 Å². The highest BCUT2D eigenvalue weighted by Crippen LogP contribution is 2.46. The number of fused-ring (bicyclic) bond motifs is 18. The number of nitrogens with zero attached hydrogens (tertiary/aromatic N) is 8. The Hall–Kier alpha value is -14.5. The van der Waals surface area contributed by atoms with E-state index in [2.05, 4.69) is 246 Å². The van der Waals surface area contributed by atoms with Crippen LogP contribution >= 0.6 is 11.3 Å². The lowest BCUT2D eigenvalue weighted by Crippen LogP contribution is -2.06. The van der Waals surface area contributed by atoms with Crippen LogP contribution in [0.5, 0.6) is 0 Å². The molecular weight excluding hydrogens is 1350 g/mol. The first-order valence-corrected chi connectivity index (χ1v) is 36.8. The van der Waals surface area contributed by atoms with Gasteiger partial charge in [-0.2, -0.15) is 9.97 Å². The molecule has 0 saturated carbocycles. The van der Waals surface area contributed by atoms with Crippen molar-refractivity contribution in [3.63, 3.8) is 0 Å². The van der Waals surface area contributed by atoms with Crippen molar-refractivity contribution in [3.8, 4) is 102 Å². The van der Waals surface area contributed by atoms with E-state index in [4.69, 9.17) is 43.2 Å². The summed E-state index contributed by atoms with van der Waals surface area (Å²) < 4.78 is 26.0. The number of para-hydroxylation sites is 4. The molecule has 23 rings (SSSR count). The molecule has 0 unspecified atom stereocenters. The fraction of sp³-hybridized carbons (Fsp3) is 0. The monoisotopic (exact) mass is 1400 g/mol. The third-order valence-corrected chi connectivity index (χ3v) is 22.7. The molecule has 12 heteroatoms. The maximum absolute atomic E-state index is 6.63. The number of thiophene rings is 1. The molecule has 108 heavy (non-hydrogen) atoms. The quantitative estimate of drug-likeness (QED) is 0.131. The zero-order chi connectivity index (χ0) is 70.7. The summed E-state index contributed by atoms with van der Waals surface area (Å²) in [5.74, 6) is 3.48. The van der Waals surface area contributed by atoms with Crippen molar-refractivity contribution in [2.75, 3.05) is 0 Å². The number of hydrogen-bond acceptors (Lipinski definition) is 10. The Morgan fingerprint density at radius 1 is 0.222 bits per heavy atom. The van der Waals surface area contributed by atoms with E-state index in [0.717, 1.165) is 192 Å². The van der Waals surface area contributed by atoms with Gasteiger partial charge in [0.05, 0.1) is 22.1 Å². The standard InChI is InChI=1S/C96H54N8O3S/c1-3-18-55(19-4-1)91-97-93(100-94(98-91)70-29-17-35-87-89(70)69-27-10-14-34-83(69)107-87)63-22-15-23-64(48-63)103-78-31-11-7-24-65(78)72-49-57(36-42-80(72)103)60-39-45-85-75(52-60)76-53-61(40-46-86(76)106-85)62-41-47-88-77(54-62)68-28-16-30-71(90(68)108-88)95-99-92(56-20-5-2-6-21-56)101-96(102-95)104-79-32-12-8-25-66(79)73-50-58(37-43-81(73)104)59-38-44-84-74(51-59)67-26-9-13-33-82(67)105-84/h1-54H. The van der Waals surface area contributed by atoms with Crippen LogP contribution in [0.3, 0.4) is 0 Å². The van der Waals surface area contributed by atoms with Gasteiger partial charge in [0.25, 0.3) is 0 Å². The minimum absolute atomic E-state index is 0.545. The van der Waals surface area contributed by atoms with E-state index in [9.17, 15) is 0 Å². The Kier molecular flexibility index (Phi) is 13.1. The lowest BCUT2D eigenvalue weighted by atomic mass is 9.98. The molecule has 8 heterocycles. The van der Waals surface area contributed by atoms with Crippen LogP contribution in [0.15, 0.2) is 341 Å². The zero-order valence-electron chi connectivity index (χ0n) is 57.4. The Balaban J connectivity index is 0.590. The first kappa shape index (κ1) is 60.0. The van der Waals surface area contributed by atoms with Crippen LogP contribution < -0.4 is 0 Å². The van der Waals surface area contributed by atoms with Crippen molar-refractivity contribution in [1.82, 2.24) is 39.0 Å². The molecule has 0 bridgehead atoms. The molecule has 0 amide bonds. The third kappa shape index (κ3) is 9.47. The smallest absolute Gasteiger partial charge is 0.238 e. The molecule has 11 nitrogen and oxygen atoms in total. The molecule has 15 aromatic carbocycles. The molecule has 0 radical (unpaired) electrons. The van der Waals surface area contributed by atoms with Gasteiger partial charge in [0.2, 0.25) is 5.95 Å². The second-order valence-corrected chi connectivity index (χ2v) is 28.7. The number of aromatic nitrogens is 8. The molecule has 502 valence electrons. The van der Waals surface area contributed by atoms with Crippen LogP contribution in [0.1, 0.15) is 0 Å². The summed E-state index contributed by atoms with van der Waals surface area (Å²) in [5, 5.41) is 13.1. The lowest BCUT2D eigenvalue weighted by molar-refractivity contribution is 0.668. The highest BCUT2D eigenvalue weighted by Gasteiger charge is 2.24. The molecule has 8 aromatic heterocycles. The first-order valence-electron chi connectivity index (χ1n) is 36.0. The van der Waals surface area contributed by atoms with E-state index in [0.29, 0.717) is 35.1 Å². The lowest BCUT2D eigenvalue weighted by Gasteiger charge is -2.12. The van der Waals surface area contributed by atoms with Gasteiger partial charge < -0.3 is 17.8 Å². The number of benzene rings is 15. The highest BCUT2D eigenvalue weighted by molar-refractivity contribution is 7.26. The normalized spacial score (nSPS) is 12.1.